The number of amides is 1. The SMILES string of the molecule is Cc1nc2ccc(C(=O)NCCc3csc4ncnn34)cc2nc1C. The van der Waals surface area contributed by atoms with Gasteiger partial charge in [0.25, 0.3) is 5.91 Å². The zero-order valence-corrected chi connectivity index (χ0v) is 14.7. The van der Waals surface area contributed by atoms with Crippen molar-refractivity contribution in [2.24, 2.45) is 0 Å². The van der Waals surface area contributed by atoms with Crippen LogP contribution in [-0.4, -0.2) is 37.0 Å². The van der Waals surface area contributed by atoms with E-state index in [4.69, 9.17) is 0 Å². The maximum atomic E-state index is 12.4. The second kappa shape index (κ2) is 6.21. The maximum Gasteiger partial charge on any atom is 0.251 e. The summed E-state index contributed by atoms with van der Waals surface area (Å²) >= 11 is 1.54. The third-order valence-corrected chi connectivity index (χ3v) is 4.97. The van der Waals surface area contributed by atoms with Crippen molar-refractivity contribution in [3.63, 3.8) is 0 Å². The number of aryl methyl sites for hydroxylation is 2. The molecular formula is C17H16N6OS. The predicted octanol–water partition coefficient (Wildman–Crippen LogP) is 2.32. The number of rotatable bonds is 4. The molecule has 0 unspecified atom stereocenters. The molecule has 25 heavy (non-hydrogen) atoms. The Hall–Kier alpha value is -2.87. The lowest BCUT2D eigenvalue weighted by Crippen LogP contribution is -2.26. The number of aromatic nitrogens is 5. The Morgan fingerprint density at radius 2 is 2.00 bits per heavy atom. The molecule has 1 aromatic carbocycles. The van der Waals surface area contributed by atoms with E-state index in [1.165, 1.54) is 6.33 Å². The molecule has 0 radical (unpaired) electrons. The van der Waals surface area contributed by atoms with Crippen LogP contribution in [0.2, 0.25) is 0 Å². The third kappa shape index (κ3) is 2.96. The van der Waals surface area contributed by atoms with Crippen LogP contribution in [0.25, 0.3) is 16.0 Å². The second-order valence-electron chi connectivity index (χ2n) is 5.79. The van der Waals surface area contributed by atoms with E-state index in [9.17, 15) is 4.79 Å². The van der Waals surface area contributed by atoms with E-state index in [0.717, 1.165) is 33.1 Å². The summed E-state index contributed by atoms with van der Waals surface area (Å²) in [6.07, 6.45) is 2.23. The Bertz CT molecular complexity index is 1080. The average molecular weight is 352 g/mol. The van der Waals surface area contributed by atoms with Crippen molar-refractivity contribution in [2.75, 3.05) is 6.54 Å². The minimum Gasteiger partial charge on any atom is -0.352 e. The van der Waals surface area contributed by atoms with Crippen molar-refractivity contribution in [3.8, 4) is 0 Å². The summed E-state index contributed by atoms with van der Waals surface area (Å²) in [6, 6.07) is 5.40. The molecule has 0 aliphatic heterocycles. The van der Waals surface area contributed by atoms with Crippen molar-refractivity contribution in [3.05, 3.63) is 52.6 Å². The lowest BCUT2D eigenvalue weighted by atomic mass is 10.1. The summed E-state index contributed by atoms with van der Waals surface area (Å²) in [5, 5.41) is 9.13. The highest BCUT2D eigenvalue weighted by Gasteiger charge is 2.10. The van der Waals surface area contributed by atoms with Crippen molar-refractivity contribution in [1.29, 1.82) is 0 Å². The van der Waals surface area contributed by atoms with Gasteiger partial charge in [0.15, 0.2) is 0 Å². The Morgan fingerprint density at radius 3 is 2.84 bits per heavy atom. The van der Waals surface area contributed by atoms with Crippen LogP contribution in [-0.2, 0) is 6.42 Å². The molecule has 0 bridgehead atoms. The van der Waals surface area contributed by atoms with Gasteiger partial charge in [0.05, 0.1) is 28.1 Å². The highest BCUT2D eigenvalue weighted by atomic mass is 32.1. The van der Waals surface area contributed by atoms with Gasteiger partial charge in [-0.1, -0.05) is 0 Å². The van der Waals surface area contributed by atoms with Gasteiger partial charge in [-0.3, -0.25) is 4.79 Å². The predicted molar refractivity (Wildman–Crippen MR) is 95.9 cm³/mol. The standard InChI is InChI=1S/C17H16N6OS/c1-10-11(2)22-15-7-12(3-4-14(15)21-10)16(24)18-6-5-13-8-25-17-19-9-20-23(13)17/h3-4,7-9H,5-6H2,1-2H3,(H,18,24). The normalized spacial score (nSPS) is 11.3. The summed E-state index contributed by atoms with van der Waals surface area (Å²) in [5.74, 6) is -0.119. The van der Waals surface area contributed by atoms with E-state index < -0.39 is 0 Å². The molecule has 126 valence electrons. The number of carbonyl (C=O) groups excluding carboxylic acids is 1. The van der Waals surface area contributed by atoms with Crippen LogP contribution in [0.4, 0.5) is 0 Å². The third-order valence-electron chi connectivity index (χ3n) is 4.09. The molecule has 1 amide bonds. The molecule has 4 rings (SSSR count). The van der Waals surface area contributed by atoms with Crippen LogP contribution < -0.4 is 5.32 Å². The highest BCUT2D eigenvalue weighted by Crippen LogP contribution is 2.15. The zero-order chi connectivity index (χ0) is 17.4. The fourth-order valence-electron chi connectivity index (χ4n) is 2.62. The molecule has 0 aliphatic carbocycles. The number of hydrogen-bond donors (Lipinski definition) is 1. The van der Waals surface area contributed by atoms with E-state index in [0.29, 0.717) is 18.5 Å². The van der Waals surface area contributed by atoms with Gasteiger partial charge in [-0.05, 0) is 32.0 Å². The number of thiazole rings is 1. The van der Waals surface area contributed by atoms with Gasteiger partial charge in [-0.15, -0.1) is 11.3 Å². The molecule has 4 aromatic rings. The molecule has 0 saturated carbocycles. The highest BCUT2D eigenvalue weighted by molar-refractivity contribution is 7.15. The Kier molecular flexibility index (Phi) is 3.89. The van der Waals surface area contributed by atoms with Gasteiger partial charge < -0.3 is 5.32 Å². The van der Waals surface area contributed by atoms with E-state index in [1.54, 1.807) is 28.0 Å². The summed E-state index contributed by atoms with van der Waals surface area (Å²) in [5.41, 5.74) is 4.93. The number of hydrogen-bond acceptors (Lipinski definition) is 6. The van der Waals surface area contributed by atoms with Crippen molar-refractivity contribution in [2.45, 2.75) is 20.3 Å². The average Bonchev–Trinajstić information content (AvgIpc) is 3.20. The van der Waals surface area contributed by atoms with Crippen LogP contribution in [0.15, 0.2) is 29.9 Å². The monoisotopic (exact) mass is 352 g/mol. The molecule has 1 N–H and O–H groups in total. The van der Waals surface area contributed by atoms with Crippen LogP contribution in [0, 0.1) is 13.8 Å². The minimum atomic E-state index is -0.119. The first-order valence-electron chi connectivity index (χ1n) is 7.91. The quantitative estimate of drug-likeness (QED) is 0.609. The fraction of sp³-hybridized carbons (Fsp3) is 0.235. The summed E-state index contributed by atoms with van der Waals surface area (Å²) in [7, 11) is 0. The van der Waals surface area contributed by atoms with Gasteiger partial charge in [-0.2, -0.15) is 5.10 Å². The van der Waals surface area contributed by atoms with Gasteiger partial charge >= 0.3 is 0 Å². The smallest absolute Gasteiger partial charge is 0.251 e. The first-order valence-corrected chi connectivity index (χ1v) is 8.79. The van der Waals surface area contributed by atoms with Gasteiger partial charge in [0.2, 0.25) is 4.96 Å². The minimum absolute atomic E-state index is 0.119. The number of carbonyl (C=O) groups is 1. The molecule has 0 atom stereocenters. The topological polar surface area (TPSA) is 85.1 Å². The van der Waals surface area contributed by atoms with E-state index in [2.05, 4.69) is 25.4 Å². The molecule has 7 nitrogen and oxygen atoms in total. The Balaban J connectivity index is 1.46. The summed E-state index contributed by atoms with van der Waals surface area (Å²) in [4.78, 5) is 26.4. The molecule has 8 heteroatoms. The lowest BCUT2D eigenvalue weighted by molar-refractivity contribution is 0.0954. The summed E-state index contributed by atoms with van der Waals surface area (Å²) < 4.78 is 1.80. The van der Waals surface area contributed by atoms with Gasteiger partial charge in [0.1, 0.15) is 6.33 Å². The van der Waals surface area contributed by atoms with Crippen LogP contribution in [0.3, 0.4) is 0 Å². The van der Waals surface area contributed by atoms with E-state index in [1.807, 2.05) is 25.3 Å². The Morgan fingerprint density at radius 1 is 1.20 bits per heavy atom. The fourth-order valence-corrected chi connectivity index (χ4v) is 3.45. The number of benzene rings is 1. The number of nitrogens with one attached hydrogen (secondary N) is 1. The molecule has 0 fully saturated rings. The van der Waals surface area contributed by atoms with Gasteiger partial charge in [-0.25, -0.2) is 19.5 Å². The lowest BCUT2D eigenvalue weighted by Gasteiger charge is -2.07. The van der Waals surface area contributed by atoms with E-state index in [-0.39, 0.29) is 5.91 Å². The van der Waals surface area contributed by atoms with Crippen LogP contribution >= 0.6 is 11.3 Å². The van der Waals surface area contributed by atoms with Gasteiger partial charge in [0, 0.05) is 23.9 Å². The molecular weight excluding hydrogens is 336 g/mol. The second-order valence-corrected chi connectivity index (χ2v) is 6.62. The zero-order valence-electron chi connectivity index (χ0n) is 13.9. The van der Waals surface area contributed by atoms with Crippen LogP contribution in [0.5, 0.6) is 0 Å². The molecule has 3 aromatic heterocycles. The summed E-state index contributed by atoms with van der Waals surface area (Å²) in [6.45, 7) is 4.38. The largest absolute Gasteiger partial charge is 0.352 e. The maximum absolute atomic E-state index is 12.4. The Labute approximate surface area is 147 Å². The number of fused-ring (bicyclic) bond motifs is 2. The molecule has 0 spiro atoms. The first-order chi connectivity index (χ1) is 12.1. The van der Waals surface area contributed by atoms with E-state index >= 15 is 0 Å². The molecule has 3 heterocycles. The molecule has 0 aliphatic rings. The van der Waals surface area contributed by atoms with Crippen molar-refractivity contribution < 1.29 is 4.79 Å². The van der Waals surface area contributed by atoms with Crippen LogP contribution in [0.1, 0.15) is 27.4 Å². The molecule has 0 saturated heterocycles. The number of nitrogens with zero attached hydrogens (tertiary/aromatic N) is 5. The van der Waals surface area contributed by atoms with Crippen molar-refractivity contribution >= 4 is 33.2 Å². The first kappa shape index (κ1) is 15.6. The van der Waals surface area contributed by atoms with Crippen molar-refractivity contribution in [1.82, 2.24) is 29.9 Å².